The third-order valence-corrected chi connectivity index (χ3v) is 2.29. The molecule has 1 aliphatic rings. The molecule has 4 amide bonds. The van der Waals surface area contributed by atoms with Crippen molar-refractivity contribution in [3.8, 4) is 0 Å². The first-order valence-electron chi connectivity index (χ1n) is 3.98. The molecular formula is C9H7ClN2O2. The summed E-state index contributed by atoms with van der Waals surface area (Å²) < 4.78 is 0. The maximum atomic E-state index is 11.3. The molecule has 0 aromatic heterocycles. The van der Waals surface area contributed by atoms with Crippen LogP contribution in [0.15, 0.2) is 24.3 Å². The molecule has 0 spiro atoms. The topological polar surface area (TPSA) is 40.6 Å². The van der Waals surface area contributed by atoms with Crippen molar-refractivity contribution in [1.29, 1.82) is 0 Å². The van der Waals surface area contributed by atoms with Crippen LogP contribution < -0.4 is 4.90 Å². The molecule has 14 heavy (non-hydrogen) atoms. The Bertz CT molecular complexity index is 386. The van der Waals surface area contributed by atoms with Crippen molar-refractivity contribution in [3.63, 3.8) is 0 Å². The average molecular weight is 211 g/mol. The molecule has 0 N–H and O–H groups in total. The second-order valence-corrected chi connectivity index (χ2v) is 3.37. The lowest BCUT2D eigenvalue weighted by Crippen LogP contribution is -2.62. The predicted molar refractivity (Wildman–Crippen MR) is 52.5 cm³/mol. The highest BCUT2D eigenvalue weighted by molar-refractivity contribution is 6.31. The van der Waals surface area contributed by atoms with Crippen molar-refractivity contribution >= 4 is 29.4 Å². The first kappa shape index (κ1) is 9.02. The van der Waals surface area contributed by atoms with Crippen LogP contribution in [0.25, 0.3) is 0 Å². The zero-order valence-corrected chi connectivity index (χ0v) is 8.15. The Hall–Kier alpha value is -1.55. The largest absolute Gasteiger partial charge is 0.340 e. The summed E-state index contributed by atoms with van der Waals surface area (Å²) in [5.74, 6) is 0. The summed E-state index contributed by atoms with van der Waals surface area (Å²) >= 11 is 5.68. The summed E-state index contributed by atoms with van der Waals surface area (Å²) in [6.07, 6.45) is 0. The lowest BCUT2D eigenvalue weighted by molar-refractivity contribution is 0.182. The minimum absolute atomic E-state index is 0.322. The van der Waals surface area contributed by atoms with Crippen LogP contribution >= 0.6 is 11.6 Å². The van der Waals surface area contributed by atoms with E-state index in [1.807, 2.05) is 0 Å². The third-order valence-electron chi connectivity index (χ3n) is 2.04. The number of amides is 4. The van der Waals surface area contributed by atoms with E-state index in [2.05, 4.69) is 0 Å². The molecule has 0 atom stereocenters. The summed E-state index contributed by atoms with van der Waals surface area (Å²) in [7, 11) is 1.44. The summed E-state index contributed by atoms with van der Waals surface area (Å²) in [4.78, 5) is 24.7. The number of carbonyl (C=O) groups is 2. The standard InChI is InChI=1S/C9H7ClN2O2/c1-11-8(13)12(9(11)14)7-4-2-6(10)3-5-7/h2-5H,1H3. The molecule has 5 heteroatoms. The van der Waals surface area contributed by atoms with Crippen molar-refractivity contribution in [2.75, 3.05) is 11.9 Å². The molecule has 72 valence electrons. The number of urea groups is 2. The van der Waals surface area contributed by atoms with Crippen molar-refractivity contribution in [3.05, 3.63) is 29.3 Å². The van der Waals surface area contributed by atoms with Gasteiger partial charge in [-0.25, -0.2) is 19.4 Å². The van der Waals surface area contributed by atoms with Gasteiger partial charge in [0.2, 0.25) is 0 Å². The number of benzene rings is 1. The van der Waals surface area contributed by atoms with Gasteiger partial charge < -0.3 is 0 Å². The van der Waals surface area contributed by atoms with Gasteiger partial charge in [0.05, 0.1) is 5.69 Å². The summed E-state index contributed by atoms with van der Waals surface area (Å²) in [5, 5.41) is 0.572. The maximum Gasteiger partial charge on any atom is 0.340 e. The van der Waals surface area contributed by atoms with Crippen molar-refractivity contribution in [1.82, 2.24) is 4.90 Å². The Balaban J connectivity index is 2.29. The fourth-order valence-electron chi connectivity index (χ4n) is 1.23. The summed E-state index contributed by atoms with van der Waals surface area (Å²) in [6, 6.07) is 5.89. The average Bonchev–Trinajstić information content (AvgIpc) is 2.21. The van der Waals surface area contributed by atoms with E-state index >= 15 is 0 Å². The molecule has 2 rings (SSSR count). The number of hydrogen-bond acceptors (Lipinski definition) is 2. The van der Waals surface area contributed by atoms with Crippen LogP contribution in [-0.2, 0) is 0 Å². The molecule has 0 aliphatic carbocycles. The highest BCUT2D eigenvalue weighted by atomic mass is 35.5. The number of hydrogen-bond donors (Lipinski definition) is 0. The van der Waals surface area contributed by atoms with Gasteiger partial charge >= 0.3 is 12.1 Å². The normalized spacial score (nSPS) is 15.9. The van der Waals surface area contributed by atoms with Crippen molar-refractivity contribution < 1.29 is 9.59 Å². The third kappa shape index (κ3) is 1.15. The molecule has 1 fully saturated rings. The number of nitrogens with zero attached hydrogens (tertiary/aromatic N) is 2. The monoisotopic (exact) mass is 210 g/mol. The number of halogens is 1. The molecule has 0 saturated carbocycles. The SMILES string of the molecule is CN1C(=O)N(c2ccc(Cl)cc2)C1=O. The van der Waals surface area contributed by atoms with Crippen LogP contribution in [0.5, 0.6) is 0 Å². The van der Waals surface area contributed by atoms with Crippen LogP contribution in [0.1, 0.15) is 0 Å². The van der Waals surface area contributed by atoms with E-state index in [1.165, 1.54) is 7.05 Å². The van der Waals surface area contributed by atoms with Crippen LogP contribution in [-0.4, -0.2) is 24.0 Å². The summed E-state index contributed by atoms with van der Waals surface area (Å²) in [5.41, 5.74) is 0.544. The molecule has 1 heterocycles. The lowest BCUT2D eigenvalue weighted by atomic mass is 10.2. The van der Waals surface area contributed by atoms with Gasteiger partial charge in [0.1, 0.15) is 0 Å². The van der Waals surface area contributed by atoms with E-state index in [-0.39, 0.29) is 12.1 Å². The Morgan fingerprint density at radius 2 is 1.57 bits per heavy atom. The molecule has 1 aromatic carbocycles. The van der Waals surface area contributed by atoms with E-state index < -0.39 is 0 Å². The highest BCUT2D eigenvalue weighted by Gasteiger charge is 2.41. The molecule has 1 aromatic rings. The predicted octanol–water partition coefficient (Wildman–Crippen LogP) is 2.33. The van der Waals surface area contributed by atoms with Crippen LogP contribution in [0.4, 0.5) is 15.3 Å². The molecule has 0 bridgehead atoms. The quantitative estimate of drug-likeness (QED) is 0.714. The minimum atomic E-state index is -0.322. The van der Waals surface area contributed by atoms with Crippen LogP contribution in [0, 0.1) is 0 Å². The fourth-order valence-corrected chi connectivity index (χ4v) is 1.36. The fraction of sp³-hybridized carbons (Fsp3) is 0.111. The van der Waals surface area contributed by atoms with Crippen molar-refractivity contribution in [2.45, 2.75) is 0 Å². The Morgan fingerprint density at radius 1 is 1.07 bits per heavy atom. The molecule has 1 saturated heterocycles. The molecule has 0 unspecified atom stereocenters. The molecular weight excluding hydrogens is 204 g/mol. The maximum absolute atomic E-state index is 11.3. The number of carbonyl (C=O) groups excluding carboxylic acids is 2. The van der Waals surface area contributed by atoms with Gasteiger partial charge in [-0.1, -0.05) is 11.6 Å². The Kier molecular flexibility index (Phi) is 1.93. The number of rotatable bonds is 1. The van der Waals surface area contributed by atoms with E-state index in [1.54, 1.807) is 24.3 Å². The van der Waals surface area contributed by atoms with Gasteiger partial charge in [0.25, 0.3) is 0 Å². The first-order chi connectivity index (χ1) is 6.61. The van der Waals surface area contributed by atoms with Crippen LogP contribution in [0.2, 0.25) is 5.02 Å². The summed E-state index contributed by atoms with van der Waals surface area (Å²) in [6.45, 7) is 0. The molecule has 1 aliphatic heterocycles. The zero-order chi connectivity index (χ0) is 10.3. The van der Waals surface area contributed by atoms with E-state index in [9.17, 15) is 9.59 Å². The lowest BCUT2D eigenvalue weighted by Gasteiger charge is -2.36. The second kappa shape index (κ2) is 2.99. The van der Waals surface area contributed by atoms with E-state index in [0.717, 1.165) is 9.80 Å². The van der Waals surface area contributed by atoms with Gasteiger partial charge in [0, 0.05) is 12.1 Å². The van der Waals surface area contributed by atoms with Gasteiger partial charge in [-0.3, -0.25) is 0 Å². The van der Waals surface area contributed by atoms with E-state index in [0.29, 0.717) is 10.7 Å². The van der Waals surface area contributed by atoms with Crippen molar-refractivity contribution in [2.24, 2.45) is 0 Å². The van der Waals surface area contributed by atoms with Gasteiger partial charge in [0.15, 0.2) is 0 Å². The second-order valence-electron chi connectivity index (χ2n) is 2.94. The number of imide groups is 2. The Morgan fingerprint density at radius 3 is 2.07 bits per heavy atom. The van der Waals surface area contributed by atoms with E-state index in [4.69, 9.17) is 11.6 Å². The zero-order valence-electron chi connectivity index (χ0n) is 7.40. The molecule has 4 nitrogen and oxygen atoms in total. The van der Waals surface area contributed by atoms with Gasteiger partial charge in [-0.05, 0) is 24.3 Å². The van der Waals surface area contributed by atoms with Gasteiger partial charge in [-0.2, -0.15) is 0 Å². The highest BCUT2D eigenvalue weighted by Crippen LogP contribution is 2.25. The smallest absolute Gasteiger partial charge is 0.247 e. The minimum Gasteiger partial charge on any atom is -0.247 e. The van der Waals surface area contributed by atoms with Crippen LogP contribution in [0.3, 0.4) is 0 Å². The number of anilines is 1. The van der Waals surface area contributed by atoms with Gasteiger partial charge in [-0.15, -0.1) is 0 Å². The molecule has 0 radical (unpaired) electrons. The first-order valence-corrected chi connectivity index (χ1v) is 4.36. The Labute approximate surface area is 85.7 Å².